The summed E-state index contributed by atoms with van der Waals surface area (Å²) in [7, 11) is 0. The first-order valence-corrected chi connectivity index (χ1v) is 6.98. The zero-order chi connectivity index (χ0) is 15.5. The first kappa shape index (κ1) is 15.7. The molecule has 0 aliphatic heterocycles. The van der Waals surface area contributed by atoms with Gasteiger partial charge in [0.05, 0.1) is 16.7 Å². The Bertz CT molecular complexity index is 600. The van der Waals surface area contributed by atoms with Gasteiger partial charge >= 0.3 is 6.36 Å². The van der Waals surface area contributed by atoms with E-state index in [0.717, 1.165) is 10.7 Å². The number of halogens is 3. The van der Waals surface area contributed by atoms with E-state index in [1.165, 1.54) is 29.5 Å². The minimum absolute atomic E-state index is 0.269. The second-order valence-corrected chi connectivity index (χ2v) is 5.46. The van der Waals surface area contributed by atoms with Crippen LogP contribution >= 0.6 is 11.3 Å². The summed E-state index contributed by atoms with van der Waals surface area (Å²) >= 11 is 1.51. The fourth-order valence-electron chi connectivity index (χ4n) is 1.91. The summed E-state index contributed by atoms with van der Waals surface area (Å²) in [4.78, 5) is 4.32. The Hall–Kier alpha value is -1.64. The van der Waals surface area contributed by atoms with Crippen LogP contribution in [0.5, 0.6) is 5.75 Å². The zero-order valence-corrected chi connectivity index (χ0v) is 12.0. The molecule has 0 saturated heterocycles. The minimum atomic E-state index is -4.71. The topological polar surface area (TPSA) is 60.2 Å². The van der Waals surface area contributed by atoms with Crippen LogP contribution in [-0.4, -0.2) is 11.3 Å². The van der Waals surface area contributed by atoms with Gasteiger partial charge < -0.3 is 4.74 Å². The van der Waals surface area contributed by atoms with Crippen LogP contribution in [0.15, 0.2) is 29.6 Å². The van der Waals surface area contributed by atoms with E-state index in [9.17, 15) is 13.2 Å². The van der Waals surface area contributed by atoms with Crippen LogP contribution in [-0.2, 0) is 6.42 Å². The van der Waals surface area contributed by atoms with Gasteiger partial charge in [-0.1, -0.05) is 12.1 Å². The van der Waals surface area contributed by atoms with Gasteiger partial charge in [-0.05, 0) is 24.6 Å². The average molecular weight is 317 g/mol. The molecule has 0 aliphatic carbocycles. The SMILES string of the molecule is Cc1nc(CC(NN)c2cccc(OC(F)(F)F)c2)cs1. The summed E-state index contributed by atoms with van der Waals surface area (Å²) in [6.45, 7) is 1.89. The number of ether oxygens (including phenoxy) is 1. The number of nitrogens with one attached hydrogen (secondary N) is 1. The van der Waals surface area contributed by atoms with E-state index in [0.29, 0.717) is 12.0 Å². The number of hydrogen-bond acceptors (Lipinski definition) is 5. The van der Waals surface area contributed by atoms with Gasteiger partial charge in [0.1, 0.15) is 5.75 Å². The molecule has 0 spiro atoms. The van der Waals surface area contributed by atoms with Gasteiger partial charge in [-0.2, -0.15) is 0 Å². The number of benzene rings is 1. The number of alkyl halides is 3. The highest BCUT2D eigenvalue weighted by atomic mass is 32.1. The van der Waals surface area contributed by atoms with Gasteiger partial charge in [0.25, 0.3) is 0 Å². The number of nitrogens with zero attached hydrogens (tertiary/aromatic N) is 1. The third-order valence-corrected chi connectivity index (χ3v) is 3.60. The summed E-state index contributed by atoms with van der Waals surface area (Å²) in [5.41, 5.74) is 4.03. The fraction of sp³-hybridized carbons (Fsp3) is 0.308. The monoisotopic (exact) mass is 317 g/mol. The molecule has 114 valence electrons. The molecule has 1 aromatic carbocycles. The molecule has 0 amide bonds. The molecule has 0 radical (unpaired) electrons. The van der Waals surface area contributed by atoms with Crippen LogP contribution in [0.25, 0.3) is 0 Å². The largest absolute Gasteiger partial charge is 0.573 e. The van der Waals surface area contributed by atoms with Crippen molar-refractivity contribution in [2.24, 2.45) is 5.84 Å². The maximum atomic E-state index is 12.2. The molecule has 0 saturated carbocycles. The molecule has 0 aliphatic rings. The predicted octanol–water partition coefficient (Wildman–Crippen LogP) is 3.10. The van der Waals surface area contributed by atoms with Crippen molar-refractivity contribution in [3.05, 3.63) is 45.9 Å². The van der Waals surface area contributed by atoms with Crippen LogP contribution in [0.4, 0.5) is 13.2 Å². The van der Waals surface area contributed by atoms with E-state index in [1.807, 2.05) is 12.3 Å². The highest BCUT2D eigenvalue weighted by Crippen LogP contribution is 2.26. The third kappa shape index (κ3) is 4.69. The molecule has 1 unspecified atom stereocenters. The molecular weight excluding hydrogens is 303 g/mol. The van der Waals surface area contributed by atoms with E-state index in [-0.39, 0.29) is 11.8 Å². The summed E-state index contributed by atoms with van der Waals surface area (Å²) in [5, 5.41) is 2.82. The Balaban J connectivity index is 2.16. The van der Waals surface area contributed by atoms with Gasteiger partial charge in [0.2, 0.25) is 0 Å². The standard InChI is InChI=1S/C13H14F3N3OS/c1-8-18-10(7-21-8)6-12(19-17)9-3-2-4-11(5-9)20-13(14,15)16/h2-5,7,12,19H,6,17H2,1H3. The first-order chi connectivity index (χ1) is 9.87. The molecule has 0 bridgehead atoms. The quantitative estimate of drug-likeness (QED) is 0.657. The lowest BCUT2D eigenvalue weighted by Crippen LogP contribution is -2.29. The smallest absolute Gasteiger partial charge is 0.406 e. The Morgan fingerprint density at radius 1 is 1.43 bits per heavy atom. The Kier molecular flexibility index (Phi) is 4.81. The number of aryl methyl sites for hydroxylation is 1. The second-order valence-electron chi connectivity index (χ2n) is 4.40. The maximum absolute atomic E-state index is 12.2. The molecule has 2 aromatic rings. The maximum Gasteiger partial charge on any atom is 0.573 e. The molecule has 4 nitrogen and oxygen atoms in total. The minimum Gasteiger partial charge on any atom is -0.406 e. The molecule has 8 heteroatoms. The molecule has 2 rings (SSSR count). The summed E-state index contributed by atoms with van der Waals surface area (Å²) in [6, 6.07) is 5.40. The van der Waals surface area contributed by atoms with Crippen molar-refractivity contribution < 1.29 is 17.9 Å². The molecule has 1 aromatic heterocycles. The number of hydrazine groups is 1. The Labute approximate surface area is 123 Å². The van der Waals surface area contributed by atoms with Crippen molar-refractivity contribution >= 4 is 11.3 Å². The van der Waals surface area contributed by atoms with Crippen molar-refractivity contribution in [1.29, 1.82) is 0 Å². The van der Waals surface area contributed by atoms with E-state index in [2.05, 4.69) is 15.1 Å². The number of thiazole rings is 1. The van der Waals surface area contributed by atoms with Crippen LogP contribution in [0.3, 0.4) is 0 Å². The highest BCUT2D eigenvalue weighted by molar-refractivity contribution is 7.09. The summed E-state index contributed by atoms with van der Waals surface area (Å²) in [5.74, 6) is 5.23. The lowest BCUT2D eigenvalue weighted by Gasteiger charge is -2.17. The van der Waals surface area contributed by atoms with Gasteiger partial charge in [-0.25, -0.2) is 4.98 Å². The number of hydrogen-bond donors (Lipinski definition) is 2. The van der Waals surface area contributed by atoms with Crippen LogP contribution in [0.1, 0.15) is 22.3 Å². The van der Waals surface area contributed by atoms with E-state index < -0.39 is 6.36 Å². The van der Waals surface area contributed by atoms with Crippen LogP contribution in [0, 0.1) is 6.92 Å². The molecule has 1 atom stereocenters. The number of aromatic nitrogens is 1. The van der Waals surface area contributed by atoms with Crippen molar-refractivity contribution in [2.45, 2.75) is 25.7 Å². The normalized spacial score (nSPS) is 13.2. The lowest BCUT2D eigenvalue weighted by molar-refractivity contribution is -0.274. The molecular formula is C13H14F3N3OS. The van der Waals surface area contributed by atoms with Gasteiger partial charge in [-0.3, -0.25) is 11.3 Å². The fourth-order valence-corrected chi connectivity index (χ4v) is 2.54. The lowest BCUT2D eigenvalue weighted by atomic mass is 10.0. The van der Waals surface area contributed by atoms with Crippen molar-refractivity contribution in [3.63, 3.8) is 0 Å². The third-order valence-electron chi connectivity index (χ3n) is 2.78. The summed E-state index contributed by atoms with van der Waals surface area (Å²) in [6.07, 6.45) is -4.23. The first-order valence-electron chi connectivity index (χ1n) is 6.10. The van der Waals surface area contributed by atoms with Crippen LogP contribution < -0.4 is 16.0 Å². The number of nitrogens with two attached hydrogens (primary N) is 1. The van der Waals surface area contributed by atoms with Gasteiger partial charge in [-0.15, -0.1) is 24.5 Å². The molecule has 21 heavy (non-hydrogen) atoms. The zero-order valence-electron chi connectivity index (χ0n) is 11.1. The Morgan fingerprint density at radius 3 is 2.76 bits per heavy atom. The highest BCUT2D eigenvalue weighted by Gasteiger charge is 2.31. The van der Waals surface area contributed by atoms with Crippen molar-refractivity contribution in [1.82, 2.24) is 10.4 Å². The number of rotatable bonds is 5. The van der Waals surface area contributed by atoms with Crippen molar-refractivity contribution in [3.8, 4) is 5.75 Å². The van der Waals surface area contributed by atoms with E-state index in [1.54, 1.807) is 6.07 Å². The van der Waals surface area contributed by atoms with Crippen LogP contribution in [0.2, 0.25) is 0 Å². The molecule has 3 N–H and O–H groups in total. The second kappa shape index (κ2) is 6.42. The van der Waals surface area contributed by atoms with Crippen molar-refractivity contribution in [2.75, 3.05) is 0 Å². The molecule has 0 fully saturated rings. The van der Waals surface area contributed by atoms with Gasteiger partial charge in [0.15, 0.2) is 0 Å². The van der Waals surface area contributed by atoms with E-state index >= 15 is 0 Å². The molecule has 1 heterocycles. The predicted molar refractivity (Wildman–Crippen MR) is 73.7 cm³/mol. The Morgan fingerprint density at radius 2 is 2.19 bits per heavy atom. The van der Waals surface area contributed by atoms with E-state index in [4.69, 9.17) is 5.84 Å². The van der Waals surface area contributed by atoms with Gasteiger partial charge in [0, 0.05) is 11.8 Å². The average Bonchev–Trinajstić information content (AvgIpc) is 2.80. The summed E-state index contributed by atoms with van der Waals surface area (Å²) < 4.78 is 40.6.